The Morgan fingerprint density at radius 3 is 2.28 bits per heavy atom. The number of urea groups is 1. The SMILES string of the molecule is CC(Cc1ccc(O)c(O)c1)NC(=O)Nc1ccc(C(F)(F)F)cc1. The molecule has 0 aliphatic heterocycles. The normalized spacial score (nSPS) is 12.5. The van der Waals surface area contributed by atoms with Crippen LogP contribution < -0.4 is 10.6 Å². The first-order valence-corrected chi connectivity index (χ1v) is 7.41. The molecule has 1 unspecified atom stereocenters. The average Bonchev–Trinajstić information content (AvgIpc) is 2.50. The van der Waals surface area contributed by atoms with Gasteiger partial charge in [-0.05, 0) is 55.3 Å². The smallest absolute Gasteiger partial charge is 0.416 e. The predicted octanol–water partition coefficient (Wildman–Crippen LogP) is 3.87. The van der Waals surface area contributed by atoms with E-state index in [9.17, 15) is 28.2 Å². The summed E-state index contributed by atoms with van der Waals surface area (Å²) >= 11 is 0. The van der Waals surface area contributed by atoms with Crippen molar-refractivity contribution >= 4 is 11.7 Å². The summed E-state index contributed by atoms with van der Waals surface area (Å²) in [5, 5.41) is 23.8. The van der Waals surface area contributed by atoms with Crippen molar-refractivity contribution in [2.24, 2.45) is 0 Å². The minimum absolute atomic E-state index is 0.232. The van der Waals surface area contributed by atoms with Gasteiger partial charge in [0.15, 0.2) is 11.5 Å². The summed E-state index contributed by atoms with van der Waals surface area (Å²) in [4.78, 5) is 11.9. The molecular weight excluding hydrogens is 337 g/mol. The molecule has 0 saturated carbocycles. The summed E-state index contributed by atoms with van der Waals surface area (Å²) < 4.78 is 37.4. The lowest BCUT2D eigenvalue weighted by molar-refractivity contribution is -0.137. The lowest BCUT2D eigenvalue weighted by atomic mass is 10.1. The monoisotopic (exact) mass is 354 g/mol. The standard InChI is InChI=1S/C17H17F3N2O3/c1-10(8-11-2-7-14(23)15(24)9-11)21-16(25)22-13-5-3-12(4-6-13)17(18,19)20/h2-7,9-10,23-24H,8H2,1H3,(H2,21,22,25). The molecule has 1 atom stereocenters. The van der Waals surface area contributed by atoms with Gasteiger partial charge in [-0.25, -0.2) is 4.79 Å². The third kappa shape index (κ3) is 5.30. The highest BCUT2D eigenvalue weighted by molar-refractivity contribution is 5.89. The summed E-state index contributed by atoms with van der Waals surface area (Å²) in [6.07, 6.45) is -4.03. The van der Waals surface area contributed by atoms with Crippen molar-refractivity contribution in [2.45, 2.75) is 25.6 Å². The summed E-state index contributed by atoms with van der Waals surface area (Å²) in [7, 11) is 0. The number of hydrogen-bond donors (Lipinski definition) is 4. The molecule has 8 heteroatoms. The van der Waals surface area contributed by atoms with Crippen LogP contribution in [0.25, 0.3) is 0 Å². The van der Waals surface area contributed by atoms with Crippen LogP contribution in [0.4, 0.5) is 23.7 Å². The van der Waals surface area contributed by atoms with Crippen LogP contribution in [-0.4, -0.2) is 22.3 Å². The number of nitrogens with one attached hydrogen (secondary N) is 2. The van der Waals surface area contributed by atoms with E-state index in [4.69, 9.17) is 0 Å². The van der Waals surface area contributed by atoms with E-state index in [1.807, 2.05) is 0 Å². The molecule has 0 spiro atoms. The van der Waals surface area contributed by atoms with Gasteiger partial charge in [0.1, 0.15) is 0 Å². The Morgan fingerprint density at radius 2 is 1.72 bits per heavy atom. The van der Waals surface area contributed by atoms with Crippen LogP contribution in [0.3, 0.4) is 0 Å². The van der Waals surface area contributed by atoms with E-state index in [1.54, 1.807) is 13.0 Å². The molecule has 0 aliphatic carbocycles. The lowest BCUT2D eigenvalue weighted by Gasteiger charge is -2.15. The summed E-state index contributed by atoms with van der Waals surface area (Å²) in [6, 6.07) is 7.60. The van der Waals surface area contributed by atoms with E-state index < -0.39 is 17.8 Å². The van der Waals surface area contributed by atoms with Crippen LogP contribution in [0.5, 0.6) is 11.5 Å². The Bertz CT molecular complexity index is 746. The molecule has 2 aromatic rings. The number of aromatic hydroxyl groups is 2. The highest BCUT2D eigenvalue weighted by Crippen LogP contribution is 2.29. The highest BCUT2D eigenvalue weighted by atomic mass is 19.4. The van der Waals surface area contributed by atoms with Gasteiger partial charge in [-0.3, -0.25) is 0 Å². The maximum Gasteiger partial charge on any atom is 0.416 e. The lowest BCUT2D eigenvalue weighted by Crippen LogP contribution is -2.37. The van der Waals surface area contributed by atoms with E-state index >= 15 is 0 Å². The minimum atomic E-state index is -4.43. The molecule has 2 rings (SSSR count). The summed E-state index contributed by atoms with van der Waals surface area (Å²) in [6.45, 7) is 1.73. The van der Waals surface area contributed by atoms with E-state index in [-0.39, 0.29) is 23.2 Å². The van der Waals surface area contributed by atoms with Crippen LogP contribution >= 0.6 is 0 Å². The number of amides is 2. The third-order valence-electron chi connectivity index (χ3n) is 3.43. The molecule has 134 valence electrons. The maximum atomic E-state index is 12.5. The van der Waals surface area contributed by atoms with Crippen LogP contribution in [0.2, 0.25) is 0 Å². The Labute approximate surface area is 142 Å². The number of rotatable bonds is 4. The number of phenols is 2. The van der Waals surface area contributed by atoms with Crippen molar-refractivity contribution in [1.82, 2.24) is 5.32 Å². The van der Waals surface area contributed by atoms with Gasteiger partial charge >= 0.3 is 12.2 Å². The number of carbonyl (C=O) groups is 1. The first-order valence-electron chi connectivity index (χ1n) is 7.41. The predicted molar refractivity (Wildman–Crippen MR) is 86.5 cm³/mol. The Balaban J connectivity index is 1.89. The number of phenolic OH excluding ortho intramolecular Hbond substituents is 2. The molecular formula is C17H17F3N2O3. The number of benzene rings is 2. The molecule has 0 fully saturated rings. The topological polar surface area (TPSA) is 81.6 Å². The van der Waals surface area contributed by atoms with Crippen molar-refractivity contribution in [2.75, 3.05) is 5.32 Å². The first kappa shape index (κ1) is 18.4. The number of anilines is 1. The second-order valence-electron chi connectivity index (χ2n) is 5.60. The molecule has 0 radical (unpaired) electrons. The second-order valence-corrected chi connectivity index (χ2v) is 5.60. The zero-order valence-electron chi connectivity index (χ0n) is 13.3. The van der Waals surface area contributed by atoms with Gasteiger partial charge in [0, 0.05) is 11.7 Å². The Hall–Kier alpha value is -2.90. The molecule has 0 heterocycles. The van der Waals surface area contributed by atoms with Gasteiger partial charge in [-0.1, -0.05) is 6.07 Å². The van der Waals surface area contributed by atoms with Gasteiger partial charge < -0.3 is 20.8 Å². The van der Waals surface area contributed by atoms with Gasteiger partial charge in [0.25, 0.3) is 0 Å². The number of halogens is 3. The third-order valence-corrected chi connectivity index (χ3v) is 3.43. The van der Waals surface area contributed by atoms with Crippen LogP contribution in [0.15, 0.2) is 42.5 Å². The minimum Gasteiger partial charge on any atom is -0.504 e. The van der Waals surface area contributed by atoms with Crippen molar-refractivity contribution in [1.29, 1.82) is 0 Å². The molecule has 0 bridgehead atoms. The van der Waals surface area contributed by atoms with Crippen LogP contribution in [0.1, 0.15) is 18.1 Å². The molecule has 4 N–H and O–H groups in total. The van der Waals surface area contributed by atoms with Gasteiger partial charge in [0.05, 0.1) is 5.56 Å². The first-order chi connectivity index (χ1) is 11.6. The fourth-order valence-electron chi connectivity index (χ4n) is 2.23. The maximum absolute atomic E-state index is 12.5. The van der Waals surface area contributed by atoms with Crippen molar-refractivity contribution in [3.05, 3.63) is 53.6 Å². The van der Waals surface area contributed by atoms with Gasteiger partial charge in [-0.2, -0.15) is 13.2 Å². The summed E-state index contributed by atoms with van der Waals surface area (Å²) in [5.74, 6) is -0.483. The van der Waals surface area contributed by atoms with Crippen molar-refractivity contribution in [3.63, 3.8) is 0 Å². The van der Waals surface area contributed by atoms with E-state index in [1.165, 1.54) is 24.3 Å². The molecule has 2 amide bonds. The Morgan fingerprint density at radius 1 is 1.08 bits per heavy atom. The molecule has 25 heavy (non-hydrogen) atoms. The number of hydrogen-bond acceptors (Lipinski definition) is 3. The van der Waals surface area contributed by atoms with Crippen molar-refractivity contribution < 1.29 is 28.2 Å². The zero-order chi connectivity index (χ0) is 18.6. The zero-order valence-corrected chi connectivity index (χ0v) is 13.3. The second kappa shape index (κ2) is 7.33. The number of alkyl halides is 3. The quantitative estimate of drug-likeness (QED) is 0.629. The number of carbonyl (C=O) groups excluding carboxylic acids is 1. The van der Waals surface area contributed by atoms with Crippen LogP contribution in [-0.2, 0) is 12.6 Å². The summed E-state index contributed by atoms with van der Waals surface area (Å²) in [5.41, 5.74) is 0.150. The fourth-order valence-corrected chi connectivity index (χ4v) is 2.23. The van der Waals surface area contributed by atoms with E-state index in [0.29, 0.717) is 12.0 Å². The average molecular weight is 354 g/mol. The molecule has 0 aliphatic rings. The van der Waals surface area contributed by atoms with Gasteiger partial charge in [-0.15, -0.1) is 0 Å². The van der Waals surface area contributed by atoms with Gasteiger partial charge in [0.2, 0.25) is 0 Å². The van der Waals surface area contributed by atoms with E-state index in [2.05, 4.69) is 10.6 Å². The largest absolute Gasteiger partial charge is 0.504 e. The molecule has 5 nitrogen and oxygen atoms in total. The van der Waals surface area contributed by atoms with E-state index in [0.717, 1.165) is 12.1 Å². The molecule has 0 saturated heterocycles. The van der Waals surface area contributed by atoms with Crippen LogP contribution in [0, 0.1) is 0 Å². The fraction of sp³-hybridized carbons (Fsp3) is 0.235. The molecule has 2 aromatic carbocycles. The Kier molecular flexibility index (Phi) is 5.41. The highest BCUT2D eigenvalue weighted by Gasteiger charge is 2.29. The van der Waals surface area contributed by atoms with Crippen molar-refractivity contribution in [3.8, 4) is 11.5 Å². The molecule has 0 aromatic heterocycles.